The molecule has 1 amide bonds. The lowest BCUT2D eigenvalue weighted by Gasteiger charge is -2.24. The first-order chi connectivity index (χ1) is 18.5. The Balaban J connectivity index is 1.51. The molecular weight excluding hydrogens is 602 g/mol. The standard InChI is InChI=1S/C28H26BrN3O5S2/c1-20-8-11-24(18-21(20)2)31-38(34,35)26-16-12-23(13-17-26)30-28(33)19-32(25-14-9-22(29)10-15-25)39(36,37)27-6-4-3-5-7-27/h3-18,31H,19H2,1-2H3,(H,30,33). The van der Waals surface area contributed by atoms with Gasteiger partial charge in [0, 0.05) is 15.8 Å². The molecule has 0 aliphatic carbocycles. The van der Waals surface area contributed by atoms with Gasteiger partial charge in [0.15, 0.2) is 0 Å². The number of halogens is 1. The van der Waals surface area contributed by atoms with Crippen molar-refractivity contribution in [3.8, 4) is 0 Å². The molecule has 0 aromatic heterocycles. The molecule has 0 saturated carbocycles. The zero-order chi connectivity index (χ0) is 28.2. The first kappa shape index (κ1) is 28.3. The summed E-state index contributed by atoms with van der Waals surface area (Å²) in [5.41, 5.74) is 3.09. The van der Waals surface area contributed by atoms with Crippen molar-refractivity contribution < 1.29 is 21.6 Å². The van der Waals surface area contributed by atoms with Gasteiger partial charge in [-0.2, -0.15) is 0 Å². The van der Waals surface area contributed by atoms with Gasteiger partial charge in [0.2, 0.25) is 5.91 Å². The molecule has 0 atom stereocenters. The smallest absolute Gasteiger partial charge is 0.264 e. The van der Waals surface area contributed by atoms with Gasteiger partial charge in [-0.3, -0.25) is 13.8 Å². The fourth-order valence-corrected chi connectivity index (χ4v) is 6.47. The van der Waals surface area contributed by atoms with Crippen LogP contribution in [-0.4, -0.2) is 29.3 Å². The predicted molar refractivity (Wildman–Crippen MR) is 157 cm³/mol. The van der Waals surface area contributed by atoms with E-state index in [-0.39, 0.29) is 9.79 Å². The van der Waals surface area contributed by atoms with Crippen LogP contribution in [-0.2, 0) is 24.8 Å². The monoisotopic (exact) mass is 627 g/mol. The van der Waals surface area contributed by atoms with E-state index in [1.165, 1.54) is 36.4 Å². The molecule has 0 fully saturated rings. The molecule has 0 unspecified atom stereocenters. The molecule has 0 bridgehead atoms. The first-order valence-corrected chi connectivity index (χ1v) is 15.5. The van der Waals surface area contributed by atoms with Crippen molar-refractivity contribution in [2.75, 3.05) is 20.9 Å². The van der Waals surface area contributed by atoms with Gasteiger partial charge in [-0.1, -0.05) is 40.2 Å². The zero-order valence-corrected chi connectivity index (χ0v) is 24.3. The van der Waals surface area contributed by atoms with E-state index in [1.807, 2.05) is 19.9 Å². The molecule has 202 valence electrons. The van der Waals surface area contributed by atoms with Gasteiger partial charge in [-0.25, -0.2) is 16.8 Å². The molecule has 0 radical (unpaired) electrons. The number of amides is 1. The summed E-state index contributed by atoms with van der Waals surface area (Å²) in [6.07, 6.45) is 0. The van der Waals surface area contributed by atoms with E-state index < -0.39 is 32.5 Å². The molecule has 0 aliphatic rings. The number of hydrogen-bond donors (Lipinski definition) is 2. The van der Waals surface area contributed by atoms with Crippen molar-refractivity contribution in [3.63, 3.8) is 0 Å². The number of benzene rings is 4. The summed E-state index contributed by atoms with van der Waals surface area (Å²) >= 11 is 3.33. The van der Waals surface area contributed by atoms with Crippen molar-refractivity contribution in [1.29, 1.82) is 0 Å². The fraction of sp³-hybridized carbons (Fsp3) is 0.107. The Labute approximate surface area is 236 Å². The fourth-order valence-electron chi connectivity index (χ4n) is 3.71. The van der Waals surface area contributed by atoms with Crippen LogP contribution in [0.3, 0.4) is 0 Å². The molecule has 0 spiro atoms. The van der Waals surface area contributed by atoms with Gasteiger partial charge in [-0.05, 0) is 97.8 Å². The summed E-state index contributed by atoms with van der Waals surface area (Å²) in [4.78, 5) is 13.0. The highest BCUT2D eigenvalue weighted by atomic mass is 79.9. The number of anilines is 3. The second-order valence-electron chi connectivity index (χ2n) is 8.78. The maximum atomic E-state index is 13.4. The van der Waals surface area contributed by atoms with Crippen LogP contribution in [0.1, 0.15) is 11.1 Å². The Morgan fingerprint density at radius 1 is 0.744 bits per heavy atom. The molecule has 2 N–H and O–H groups in total. The predicted octanol–water partition coefficient (Wildman–Crippen LogP) is 5.70. The van der Waals surface area contributed by atoms with Crippen LogP contribution in [0.5, 0.6) is 0 Å². The molecule has 4 rings (SSSR count). The van der Waals surface area contributed by atoms with Crippen molar-refractivity contribution in [2.24, 2.45) is 0 Å². The SMILES string of the molecule is Cc1ccc(NS(=O)(=O)c2ccc(NC(=O)CN(c3ccc(Br)cc3)S(=O)(=O)c3ccccc3)cc2)cc1C. The lowest BCUT2D eigenvalue weighted by molar-refractivity contribution is -0.114. The van der Waals surface area contributed by atoms with E-state index in [1.54, 1.807) is 54.6 Å². The third-order valence-corrected chi connectivity index (χ3v) is 9.65. The Morgan fingerprint density at radius 3 is 1.97 bits per heavy atom. The lowest BCUT2D eigenvalue weighted by atomic mass is 10.1. The van der Waals surface area contributed by atoms with E-state index in [4.69, 9.17) is 0 Å². The number of carbonyl (C=O) groups excluding carboxylic acids is 1. The lowest BCUT2D eigenvalue weighted by Crippen LogP contribution is -2.38. The summed E-state index contributed by atoms with van der Waals surface area (Å²) in [6, 6.07) is 25.3. The maximum absolute atomic E-state index is 13.4. The molecule has 0 saturated heterocycles. The normalized spacial score (nSPS) is 11.6. The second kappa shape index (κ2) is 11.6. The molecule has 11 heteroatoms. The van der Waals surface area contributed by atoms with Crippen LogP contribution in [0.25, 0.3) is 0 Å². The highest BCUT2D eigenvalue weighted by Gasteiger charge is 2.27. The van der Waals surface area contributed by atoms with E-state index >= 15 is 0 Å². The van der Waals surface area contributed by atoms with E-state index in [0.717, 1.165) is 19.9 Å². The van der Waals surface area contributed by atoms with Gasteiger partial charge >= 0.3 is 0 Å². The van der Waals surface area contributed by atoms with Crippen LogP contribution >= 0.6 is 15.9 Å². The van der Waals surface area contributed by atoms with Gasteiger partial charge < -0.3 is 5.32 Å². The van der Waals surface area contributed by atoms with Crippen LogP contribution in [0.4, 0.5) is 17.1 Å². The molecule has 0 heterocycles. The summed E-state index contributed by atoms with van der Waals surface area (Å²) in [6.45, 7) is 3.34. The topological polar surface area (TPSA) is 113 Å². The summed E-state index contributed by atoms with van der Waals surface area (Å²) in [7, 11) is -7.90. The average molecular weight is 629 g/mol. The Kier molecular flexibility index (Phi) is 8.43. The second-order valence-corrected chi connectivity index (χ2v) is 13.2. The van der Waals surface area contributed by atoms with E-state index in [9.17, 15) is 21.6 Å². The third kappa shape index (κ3) is 6.86. The van der Waals surface area contributed by atoms with Crippen molar-refractivity contribution in [2.45, 2.75) is 23.6 Å². The summed E-state index contributed by atoms with van der Waals surface area (Å²) in [5.74, 6) is -0.596. The first-order valence-electron chi connectivity index (χ1n) is 11.8. The number of sulfonamides is 2. The number of nitrogens with zero attached hydrogens (tertiary/aromatic N) is 1. The maximum Gasteiger partial charge on any atom is 0.264 e. The van der Waals surface area contributed by atoms with E-state index in [0.29, 0.717) is 17.1 Å². The highest BCUT2D eigenvalue weighted by molar-refractivity contribution is 9.10. The minimum Gasteiger partial charge on any atom is -0.325 e. The Hall–Kier alpha value is -3.67. The number of nitrogens with one attached hydrogen (secondary N) is 2. The van der Waals surface area contributed by atoms with Gasteiger partial charge in [0.1, 0.15) is 6.54 Å². The van der Waals surface area contributed by atoms with Gasteiger partial charge in [0.25, 0.3) is 20.0 Å². The van der Waals surface area contributed by atoms with Crippen molar-refractivity contribution in [1.82, 2.24) is 0 Å². The van der Waals surface area contributed by atoms with Crippen LogP contribution in [0, 0.1) is 13.8 Å². The molecular formula is C28H26BrN3O5S2. The van der Waals surface area contributed by atoms with Crippen LogP contribution in [0.15, 0.2) is 111 Å². The number of hydrogen-bond acceptors (Lipinski definition) is 5. The quantitative estimate of drug-likeness (QED) is 0.247. The van der Waals surface area contributed by atoms with Crippen LogP contribution in [0.2, 0.25) is 0 Å². The summed E-state index contributed by atoms with van der Waals surface area (Å²) in [5, 5.41) is 2.65. The molecule has 4 aromatic rings. The van der Waals surface area contributed by atoms with Gasteiger partial charge in [0.05, 0.1) is 15.5 Å². The molecule has 39 heavy (non-hydrogen) atoms. The largest absolute Gasteiger partial charge is 0.325 e. The van der Waals surface area contributed by atoms with Gasteiger partial charge in [-0.15, -0.1) is 0 Å². The minimum absolute atomic E-state index is 0.0156. The summed E-state index contributed by atoms with van der Waals surface area (Å²) < 4.78 is 56.8. The molecule has 8 nitrogen and oxygen atoms in total. The number of aryl methyl sites for hydroxylation is 2. The Bertz CT molecular complexity index is 1690. The zero-order valence-electron chi connectivity index (χ0n) is 21.1. The third-order valence-electron chi connectivity index (χ3n) is 5.94. The molecule has 4 aromatic carbocycles. The number of carbonyl (C=O) groups is 1. The highest BCUT2D eigenvalue weighted by Crippen LogP contribution is 2.26. The van der Waals surface area contributed by atoms with Crippen LogP contribution < -0.4 is 14.3 Å². The molecule has 0 aliphatic heterocycles. The average Bonchev–Trinajstić information content (AvgIpc) is 2.90. The van der Waals surface area contributed by atoms with E-state index in [2.05, 4.69) is 26.0 Å². The minimum atomic E-state index is -4.05. The Morgan fingerprint density at radius 2 is 1.36 bits per heavy atom. The van der Waals surface area contributed by atoms with Crippen molar-refractivity contribution >= 4 is 58.9 Å². The number of rotatable bonds is 9. The van der Waals surface area contributed by atoms with Crippen molar-refractivity contribution in [3.05, 3.63) is 113 Å².